The minimum absolute atomic E-state index is 0.201. The van der Waals surface area contributed by atoms with E-state index in [1.807, 2.05) is 0 Å². The largest absolute Gasteiger partial charge is 0.384 e. The summed E-state index contributed by atoms with van der Waals surface area (Å²) >= 11 is 0. The van der Waals surface area contributed by atoms with E-state index in [1.165, 1.54) is 6.20 Å². The molecular formula is C13H12N4O2. The standard InChI is InChI=1S/C13H12N4O2/c18-5-1-2-10-3-4-12(14-6-10)13(19)15-7-11-8-16-17-9-11/h3-4,6,8-9,18H,5,7H2,(H,15,19)(H,16,17). The summed E-state index contributed by atoms with van der Waals surface area (Å²) in [5.74, 6) is 4.96. The fourth-order valence-electron chi connectivity index (χ4n) is 1.39. The highest BCUT2D eigenvalue weighted by Crippen LogP contribution is 2.00. The molecule has 1 amide bonds. The average molecular weight is 256 g/mol. The summed E-state index contributed by atoms with van der Waals surface area (Å²) in [5.41, 5.74) is 1.86. The van der Waals surface area contributed by atoms with E-state index < -0.39 is 0 Å². The number of amides is 1. The lowest BCUT2D eigenvalue weighted by atomic mass is 10.2. The molecule has 0 saturated heterocycles. The van der Waals surface area contributed by atoms with Crippen LogP contribution >= 0.6 is 0 Å². The SMILES string of the molecule is O=C(NCc1cn[nH]c1)c1ccc(C#CCO)cn1. The number of carbonyl (C=O) groups is 1. The lowest BCUT2D eigenvalue weighted by Crippen LogP contribution is -2.23. The van der Waals surface area contributed by atoms with E-state index in [-0.39, 0.29) is 12.5 Å². The molecule has 19 heavy (non-hydrogen) atoms. The third kappa shape index (κ3) is 3.66. The maximum Gasteiger partial charge on any atom is 0.270 e. The molecule has 0 spiro atoms. The first-order chi connectivity index (χ1) is 9.29. The van der Waals surface area contributed by atoms with Crippen LogP contribution in [-0.2, 0) is 6.54 Å². The summed E-state index contributed by atoms with van der Waals surface area (Å²) in [6, 6.07) is 3.27. The first kappa shape index (κ1) is 12.8. The van der Waals surface area contributed by atoms with Gasteiger partial charge in [0.1, 0.15) is 12.3 Å². The number of carbonyl (C=O) groups excluding carboxylic acids is 1. The molecule has 6 nitrogen and oxygen atoms in total. The summed E-state index contributed by atoms with van der Waals surface area (Å²) in [5, 5.41) is 17.7. The number of H-pyrrole nitrogens is 1. The molecule has 96 valence electrons. The van der Waals surface area contributed by atoms with Crippen LogP contribution in [0.15, 0.2) is 30.7 Å². The van der Waals surface area contributed by atoms with E-state index >= 15 is 0 Å². The minimum atomic E-state index is -0.261. The molecule has 2 heterocycles. The molecule has 2 rings (SSSR count). The highest BCUT2D eigenvalue weighted by Gasteiger charge is 2.06. The van der Waals surface area contributed by atoms with Gasteiger partial charge in [0.15, 0.2) is 0 Å². The van der Waals surface area contributed by atoms with Gasteiger partial charge in [-0.25, -0.2) is 4.98 Å². The van der Waals surface area contributed by atoms with Gasteiger partial charge in [0.25, 0.3) is 5.91 Å². The van der Waals surface area contributed by atoms with Gasteiger partial charge in [-0.2, -0.15) is 5.10 Å². The second-order valence-electron chi connectivity index (χ2n) is 3.68. The van der Waals surface area contributed by atoms with Gasteiger partial charge >= 0.3 is 0 Å². The number of aromatic nitrogens is 3. The molecule has 3 N–H and O–H groups in total. The third-order valence-electron chi connectivity index (χ3n) is 2.32. The Morgan fingerprint density at radius 2 is 2.32 bits per heavy atom. The topological polar surface area (TPSA) is 90.9 Å². The van der Waals surface area contributed by atoms with Crippen molar-refractivity contribution in [3.05, 3.63) is 47.5 Å². The molecule has 0 bridgehead atoms. The molecule has 0 saturated carbocycles. The molecule has 0 unspecified atom stereocenters. The average Bonchev–Trinajstić information content (AvgIpc) is 2.96. The first-order valence-corrected chi connectivity index (χ1v) is 5.61. The van der Waals surface area contributed by atoms with Gasteiger partial charge in [-0.3, -0.25) is 9.89 Å². The van der Waals surface area contributed by atoms with Crippen LogP contribution in [0.2, 0.25) is 0 Å². The number of pyridine rings is 1. The predicted molar refractivity (Wildman–Crippen MR) is 68.0 cm³/mol. The molecule has 0 fully saturated rings. The second kappa shape index (κ2) is 6.33. The Labute approximate surface area is 109 Å². The molecule has 0 aromatic carbocycles. The van der Waals surface area contributed by atoms with E-state index in [0.717, 1.165) is 5.56 Å². The van der Waals surface area contributed by atoms with Crippen LogP contribution in [0.25, 0.3) is 0 Å². The second-order valence-corrected chi connectivity index (χ2v) is 3.68. The number of aliphatic hydroxyl groups is 1. The molecule has 0 aliphatic carbocycles. The van der Waals surface area contributed by atoms with Crippen molar-refractivity contribution in [2.75, 3.05) is 6.61 Å². The molecule has 2 aromatic rings. The van der Waals surface area contributed by atoms with Crippen molar-refractivity contribution in [3.63, 3.8) is 0 Å². The number of nitrogens with zero attached hydrogens (tertiary/aromatic N) is 2. The fourth-order valence-corrected chi connectivity index (χ4v) is 1.39. The third-order valence-corrected chi connectivity index (χ3v) is 2.32. The summed E-state index contributed by atoms with van der Waals surface area (Å²) < 4.78 is 0. The van der Waals surface area contributed by atoms with E-state index in [9.17, 15) is 4.79 Å². The Balaban J connectivity index is 1.95. The summed E-state index contributed by atoms with van der Waals surface area (Å²) in [6.45, 7) is 0.190. The van der Waals surface area contributed by atoms with Crippen molar-refractivity contribution in [1.29, 1.82) is 0 Å². The van der Waals surface area contributed by atoms with E-state index in [0.29, 0.717) is 17.8 Å². The quantitative estimate of drug-likeness (QED) is 0.678. The van der Waals surface area contributed by atoms with E-state index in [1.54, 1.807) is 24.5 Å². The zero-order valence-corrected chi connectivity index (χ0v) is 10.1. The number of aromatic amines is 1. The summed E-state index contributed by atoms with van der Waals surface area (Å²) in [6.07, 6.45) is 4.85. The highest BCUT2D eigenvalue weighted by molar-refractivity contribution is 5.92. The van der Waals surface area contributed by atoms with Crippen LogP contribution < -0.4 is 5.32 Å². The van der Waals surface area contributed by atoms with Crippen LogP contribution in [0.1, 0.15) is 21.6 Å². The van der Waals surface area contributed by atoms with Crippen molar-refractivity contribution in [3.8, 4) is 11.8 Å². The number of hydrogen-bond donors (Lipinski definition) is 3. The molecule has 0 atom stereocenters. The number of aliphatic hydroxyl groups excluding tert-OH is 1. The lowest BCUT2D eigenvalue weighted by Gasteiger charge is -2.02. The normalized spacial score (nSPS) is 9.53. The predicted octanol–water partition coefficient (Wildman–Crippen LogP) is 0.0785. The summed E-state index contributed by atoms with van der Waals surface area (Å²) in [7, 11) is 0. The van der Waals surface area contributed by atoms with Crippen LogP contribution in [0.5, 0.6) is 0 Å². The Bertz CT molecular complexity index is 594. The van der Waals surface area contributed by atoms with E-state index in [2.05, 4.69) is 32.3 Å². The van der Waals surface area contributed by atoms with Gasteiger partial charge in [-0.15, -0.1) is 0 Å². The summed E-state index contributed by atoms with van der Waals surface area (Å²) in [4.78, 5) is 15.8. The highest BCUT2D eigenvalue weighted by atomic mass is 16.2. The Morgan fingerprint density at radius 3 is 2.95 bits per heavy atom. The van der Waals surface area contributed by atoms with Crippen LogP contribution in [0, 0.1) is 11.8 Å². The Morgan fingerprint density at radius 1 is 1.42 bits per heavy atom. The van der Waals surface area contributed by atoms with Gasteiger partial charge in [0, 0.05) is 30.1 Å². The van der Waals surface area contributed by atoms with Gasteiger partial charge < -0.3 is 10.4 Å². The fraction of sp³-hybridized carbons (Fsp3) is 0.154. The zero-order chi connectivity index (χ0) is 13.5. The van der Waals surface area contributed by atoms with E-state index in [4.69, 9.17) is 5.11 Å². The van der Waals surface area contributed by atoms with Gasteiger partial charge in [-0.05, 0) is 12.1 Å². The van der Waals surface area contributed by atoms with Crippen LogP contribution in [0.4, 0.5) is 0 Å². The van der Waals surface area contributed by atoms with Crippen molar-refractivity contribution >= 4 is 5.91 Å². The molecule has 0 radical (unpaired) electrons. The lowest BCUT2D eigenvalue weighted by molar-refractivity contribution is 0.0946. The zero-order valence-electron chi connectivity index (χ0n) is 10.1. The van der Waals surface area contributed by atoms with Gasteiger partial charge in [0.05, 0.1) is 6.20 Å². The monoisotopic (exact) mass is 256 g/mol. The minimum Gasteiger partial charge on any atom is -0.384 e. The molecular weight excluding hydrogens is 244 g/mol. The number of nitrogens with one attached hydrogen (secondary N) is 2. The smallest absolute Gasteiger partial charge is 0.270 e. The first-order valence-electron chi connectivity index (χ1n) is 5.61. The molecule has 0 aliphatic rings. The molecule has 6 heteroatoms. The number of rotatable bonds is 3. The Kier molecular flexibility index (Phi) is 4.26. The van der Waals surface area contributed by atoms with Crippen LogP contribution in [-0.4, -0.2) is 32.8 Å². The Hall–Kier alpha value is -2.65. The molecule has 2 aromatic heterocycles. The maximum absolute atomic E-state index is 11.8. The molecule has 0 aliphatic heterocycles. The maximum atomic E-state index is 11.8. The van der Waals surface area contributed by atoms with Crippen molar-refractivity contribution in [1.82, 2.24) is 20.5 Å². The van der Waals surface area contributed by atoms with Crippen molar-refractivity contribution < 1.29 is 9.90 Å². The van der Waals surface area contributed by atoms with Gasteiger partial charge in [-0.1, -0.05) is 11.8 Å². The number of hydrogen-bond acceptors (Lipinski definition) is 4. The van der Waals surface area contributed by atoms with Crippen molar-refractivity contribution in [2.24, 2.45) is 0 Å². The van der Waals surface area contributed by atoms with Crippen molar-refractivity contribution in [2.45, 2.75) is 6.54 Å². The van der Waals surface area contributed by atoms with Crippen LogP contribution in [0.3, 0.4) is 0 Å². The van der Waals surface area contributed by atoms with Gasteiger partial charge in [0.2, 0.25) is 0 Å².